The van der Waals surface area contributed by atoms with Crippen molar-refractivity contribution in [1.82, 2.24) is 9.44 Å². The summed E-state index contributed by atoms with van der Waals surface area (Å²) in [4.78, 5) is 0.478. The van der Waals surface area contributed by atoms with Gasteiger partial charge in [0, 0.05) is 11.8 Å². The van der Waals surface area contributed by atoms with Gasteiger partial charge in [-0.3, -0.25) is 0 Å². The number of sulfonamides is 2. The average molecular weight is 601 g/mol. The highest BCUT2D eigenvalue weighted by atomic mass is 32.2. The highest BCUT2D eigenvalue weighted by Gasteiger charge is 2.52. The van der Waals surface area contributed by atoms with Crippen LogP contribution in [0.1, 0.15) is 67.5 Å². The zero-order valence-corrected chi connectivity index (χ0v) is 26.3. The number of rotatable bonds is 6. The third-order valence-corrected chi connectivity index (χ3v) is 12.3. The molecule has 4 aromatic carbocycles. The fourth-order valence-electron chi connectivity index (χ4n) is 7.62. The topological polar surface area (TPSA) is 92.3 Å². The molecule has 0 amide bonds. The van der Waals surface area contributed by atoms with Crippen LogP contribution in [0.2, 0.25) is 0 Å². The Balaban J connectivity index is 1.54. The lowest BCUT2D eigenvalue weighted by Crippen LogP contribution is -2.61. The van der Waals surface area contributed by atoms with Crippen LogP contribution in [0, 0.1) is 41.5 Å². The number of fused-ring (bicyclic) bond motifs is 1. The minimum atomic E-state index is -4.03. The smallest absolute Gasteiger partial charge is 0.207 e. The molecule has 2 N–H and O–H groups in total. The van der Waals surface area contributed by atoms with E-state index in [0.717, 1.165) is 33.4 Å². The Hall–Kier alpha value is -3.30. The van der Waals surface area contributed by atoms with Crippen LogP contribution in [0.25, 0.3) is 0 Å². The zero-order valence-electron chi connectivity index (χ0n) is 24.7. The summed E-state index contributed by atoms with van der Waals surface area (Å²) in [6.07, 6.45) is 0. The van der Waals surface area contributed by atoms with Gasteiger partial charge in [0.05, 0.1) is 21.9 Å². The summed E-state index contributed by atoms with van der Waals surface area (Å²) in [5.74, 6) is -0.757. The van der Waals surface area contributed by atoms with Crippen molar-refractivity contribution in [2.45, 2.75) is 75.3 Å². The molecule has 0 aromatic heterocycles. The summed E-state index contributed by atoms with van der Waals surface area (Å²) in [5, 5.41) is 0. The molecule has 0 saturated heterocycles. The highest BCUT2D eigenvalue weighted by Crippen LogP contribution is 2.53. The fourth-order valence-corrected chi connectivity index (χ4v) is 11.1. The van der Waals surface area contributed by atoms with Crippen molar-refractivity contribution >= 4 is 20.0 Å². The Morgan fingerprint density at radius 1 is 0.476 bits per heavy atom. The maximum atomic E-state index is 14.2. The SMILES string of the molecule is Cc1cc(C)c(S(=O)(=O)N[C@@H]2C3c4ccccc4C(c4ccccc43)[C@H]2NS(=O)(=O)c2c(C)cc(C)cc2C)c(C)c1. The van der Waals surface area contributed by atoms with E-state index in [0.29, 0.717) is 22.3 Å². The molecule has 0 saturated carbocycles. The molecule has 0 radical (unpaired) electrons. The lowest BCUT2D eigenvalue weighted by molar-refractivity contribution is 0.337. The first-order chi connectivity index (χ1) is 19.8. The monoisotopic (exact) mass is 600 g/mol. The van der Waals surface area contributed by atoms with Crippen molar-refractivity contribution in [3.63, 3.8) is 0 Å². The van der Waals surface area contributed by atoms with E-state index in [-0.39, 0.29) is 21.6 Å². The van der Waals surface area contributed by atoms with Crippen molar-refractivity contribution in [1.29, 1.82) is 0 Å². The molecule has 0 spiro atoms. The number of benzene rings is 4. The Bertz CT molecular complexity index is 1730. The molecular weight excluding hydrogens is 565 g/mol. The summed E-state index contributed by atoms with van der Waals surface area (Å²) in [6.45, 7) is 11.1. The number of aryl methyl sites for hydroxylation is 6. The van der Waals surface area contributed by atoms with Gasteiger partial charge in [-0.15, -0.1) is 0 Å². The molecule has 0 fully saturated rings. The largest absolute Gasteiger partial charge is 0.241 e. The van der Waals surface area contributed by atoms with E-state index in [9.17, 15) is 16.8 Å². The first-order valence-electron chi connectivity index (χ1n) is 14.2. The summed E-state index contributed by atoms with van der Waals surface area (Å²) in [6, 6.07) is 21.9. The molecule has 4 aromatic rings. The number of hydrogen-bond acceptors (Lipinski definition) is 4. The Kier molecular flexibility index (Phi) is 6.97. The van der Waals surface area contributed by atoms with Crippen LogP contribution >= 0.6 is 0 Å². The second-order valence-electron chi connectivity index (χ2n) is 12.0. The Morgan fingerprint density at radius 3 is 1.00 bits per heavy atom. The molecule has 3 aliphatic carbocycles. The molecule has 218 valence electrons. The maximum absolute atomic E-state index is 14.2. The predicted molar refractivity (Wildman–Crippen MR) is 166 cm³/mol. The van der Waals surface area contributed by atoms with Crippen LogP contribution in [-0.4, -0.2) is 28.9 Å². The van der Waals surface area contributed by atoms with Crippen LogP contribution in [0.4, 0.5) is 0 Å². The first-order valence-corrected chi connectivity index (χ1v) is 17.1. The maximum Gasteiger partial charge on any atom is 0.241 e. The molecule has 3 aliphatic rings. The van der Waals surface area contributed by atoms with E-state index in [1.54, 1.807) is 27.7 Å². The lowest BCUT2D eigenvalue weighted by Gasteiger charge is -2.50. The summed E-state index contributed by atoms with van der Waals surface area (Å²) >= 11 is 0. The van der Waals surface area contributed by atoms with E-state index >= 15 is 0 Å². The second-order valence-corrected chi connectivity index (χ2v) is 15.3. The van der Waals surface area contributed by atoms with Crippen LogP contribution < -0.4 is 9.44 Å². The fraction of sp³-hybridized carbons (Fsp3) is 0.294. The number of hydrogen-bond donors (Lipinski definition) is 2. The molecule has 0 heterocycles. The quantitative estimate of drug-likeness (QED) is 0.292. The minimum Gasteiger partial charge on any atom is -0.207 e. The molecule has 7 rings (SSSR count). The van der Waals surface area contributed by atoms with Crippen molar-refractivity contribution in [3.8, 4) is 0 Å². The lowest BCUT2D eigenvalue weighted by atomic mass is 9.59. The third-order valence-electron chi connectivity index (χ3n) is 8.77. The van der Waals surface area contributed by atoms with Crippen LogP contribution in [0.3, 0.4) is 0 Å². The zero-order chi connectivity index (χ0) is 30.1. The predicted octanol–water partition coefficient (Wildman–Crippen LogP) is 5.82. The normalized spacial score (nSPS) is 21.2. The third kappa shape index (κ3) is 4.61. The van der Waals surface area contributed by atoms with Gasteiger partial charge in [-0.2, -0.15) is 0 Å². The van der Waals surface area contributed by atoms with Crippen molar-refractivity contribution in [2.24, 2.45) is 0 Å². The first kappa shape index (κ1) is 28.8. The minimum absolute atomic E-state index is 0.239. The van der Waals surface area contributed by atoms with Gasteiger partial charge in [0.1, 0.15) is 0 Å². The second kappa shape index (κ2) is 10.2. The highest BCUT2D eigenvalue weighted by molar-refractivity contribution is 7.90. The van der Waals surface area contributed by atoms with Gasteiger partial charge < -0.3 is 0 Å². The van der Waals surface area contributed by atoms with Gasteiger partial charge in [-0.25, -0.2) is 26.3 Å². The average Bonchev–Trinajstić information content (AvgIpc) is 2.88. The summed E-state index contributed by atoms with van der Waals surface area (Å²) in [7, 11) is -8.05. The Labute approximate surface area is 249 Å². The van der Waals surface area contributed by atoms with Gasteiger partial charge in [0.15, 0.2) is 0 Å². The molecule has 2 bridgehead atoms. The van der Waals surface area contributed by atoms with Crippen molar-refractivity contribution in [2.75, 3.05) is 0 Å². The molecule has 8 heteroatoms. The van der Waals surface area contributed by atoms with Gasteiger partial charge >= 0.3 is 0 Å². The molecule has 42 heavy (non-hydrogen) atoms. The van der Waals surface area contributed by atoms with E-state index in [4.69, 9.17) is 0 Å². The van der Waals surface area contributed by atoms with Crippen molar-refractivity contribution in [3.05, 3.63) is 128 Å². The molecule has 6 nitrogen and oxygen atoms in total. The number of nitrogens with one attached hydrogen (secondary N) is 2. The van der Waals surface area contributed by atoms with Gasteiger partial charge in [-0.05, 0) is 86.1 Å². The molecule has 0 unspecified atom stereocenters. The molecule has 2 atom stereocenters. The van der Waals surface area contributed by atoms with Crippen LogP contribution in [-0.2, 0) is 20.0 Å². The molecule has 0 aliphatic heterocycles. The van der Waals surface area contributed by atoms with Crippen LogP contribution in [0.5, 0.6) is 0 Å². The standard InChI is InChI=1S/C34H36N2O4S2/c1-19-15-21(3)33(22(4)16-19)41(37,38)35-31-29-25-11-7-9-13-27(25)30(28-14-10-8-12-26(28)29)32(31)36-42(39,40)34-23(5)17-20(2)18-24(34)6/h7-18,29-32,35-36H,1-6H3/t29?,30?,31-,32-/m1/s1. The van der Waals surface area contributed by atoms with Crippen molar-refractivity contribution < 1.29 is 16.8 Å². The molecular formula is C34H36N2O4S2. The van der Waals surface area contributed by atoms with E-state index in [1.165, 1.54) is 0 Å². The Morgan fingerprint density at radius 2 is 0.738 bits per heavy atom. The van der Waals surface area contributed by atoms with E-state index in [1.807, 2.05) is 86.6 Å². The summed E-state index contributed by atoms with van der Waals surface area (Å²) in [5.41, 5.74) is 8.67. The van der Waals surface area contributed by atoms with Gasteiger partial charge in [0.25, 0.3) is 0 Å². The van der Waals surface area contributed by atoms with Gasteiger partial charge in [-0.1, -0.05) is 83.9 Å². The summed E-state index contributed by atoms with van der Waals surface area (Å²) < 4.78 is 62.8. The van der Waals surface area contributed by atoms with Gasteiger partial charge in [0.2, 0.25) is 20.0 Å². The van der Waals surface area contributed by atoms with E-state index < -0.39 is 32.1 Å². The van der Waals surface area contributed by atoms with Crippen LogP contribution in [0.15, 0.2) is 82.6 Å². The van der Waals surface area contributed by atoms with E-state index in [2.05, 4.69) is 9.44 Å².